The van der Waals surface area contributed by atoms with Crippen molar-refractivity contribution in [1.82, 2.24) is 4.31 Å². The molecule has 2 aromatic rings. The Morgan fingerprint density at radius 2 is 1.68 bits per heavy atom. The quantitative estimate of drug-likeness (QED) is 0.750. The number of carbonyl (C=O) groups excluding carboxylic acids is 2. The molecule has 1 N–H and O–H groups in total. The fourth-order valence-corrected chi connectivity index (χ4v) is 4.51. The van der Waals surface area contributed by atoms with E-state index in [-0.39, 0.29) is 4.90 Å². The summed E-state index contributed by atoms with van der Waals surface area (Å²) in [6.07, 6.45) is 1.74. The summed E-state index contributed by atoms with van der Waals surface area (Å²) in [6, 6.07) is 12.9. The van der Waals surface area contributed by atoms with Crippen molar-refractivity contribution < 1.29 is 22.7 Å². The van der Waals surface area contributed by atoms with E-state index in [0.29, 0.717) is 24.3 Å². The molecule has 0 unspecified atom stereocenters. The molecular weight excluding hydrogens is 380 g/mol. The maximum absolute atomic E-state index is 12.5. The van der Waals surface area contributed by atoms with Crippen LogP contribution in [-0.2, 0) is 19.6 Å². The van der Waals surface area contributed by atoms with Gasteiger partial charge in [-0.05, 0) is 55.7 Å². The zero-order valence-electron chi connectivity index (χ0n) is 15.6. The minimum Gasteiger partial charge on any atom is -0.452 e. The third-order valence-electron chi connectivity index (χ3n) is 4.54. The molecule has 1 saturated heterocycles. The maximum atomic E-state index is 12.5. The molecule has 28 heavy (non-hydrogen) atoms. The van der Waals surface area contributed by atoms with E-state index >= 15 is 0 Å². The Morgan fingerprint density at radius 1 is 1.04 bits per heavy atom. The largest absolute Gasteiger partial charge is 0.452 e. The highest BCUT2D eigenvalue weighted by atomic mass is 32.2. The smallest absolute Gasteiger partial charge is 0.338 e. The molecular formula is C20H22N2O5S. The maximum Gasteiger partial charge on any atom is 0.338 e. The fourth-order valence-electron chi connectivity index (χ4n) is 3.00. The highest BCUT2D eigenvalue weighted by molar-refractivity contribution is 7.89. The number of esters is 1. The molecule has 0 radical (unpaired) electrons. The van der Waals surface area contributed by atoms with Crippen LogP contribution in [-0.4, -0.2) is 44.3 Å². The summed E-state index contributed by atoms with van der Waals surface area (Å²) in [5.74, 6) is -1.07. The number of amides is 1. The van der Waals surface area contributed by atoms with E-state index < -0.39 is 28.5 Å². The Balaban J connectivity index is 1.56. The Labute approximate surface area is 164 Å². The van der Waals surface area contributed by atoms with Crippen molar-refractivity contribution in [3.63, 3.8) is 0 Å². The van der Waals surface area contributed by atoms with Crippen LogP contribution in [0.15, 0.2) is 53.4 Å². The number of ether oxygens (including phenoxy) is 1. The Hall–Kier alpha value is -2.71. The number of benzene rings is 2. The molecule has 0 aliphatic carbocycles. The Bertz CT molecular complexity index is 964. The number of hydrogen-bond donors (Lipinski definition) is 1. The Kier molecular flexibility index (Phi) is 6.11. The monoisotopic (exact) mass is 402 g/mol. The van der Waals surface area contributed by atoms with E-state index in [9.17, 15) is 18.0 Å². The first-order chi connectivity index (χ1) is 13.4. The molecule has 1 aliphatic heterocycles. The van der Waals surface area contributed by atoms with E-state index in [4.69, 9.17) is 4.74 Å². The predicted molar refractivity (Wildman–Crippen MR) is 105 cm³/mol. The van der Waals surface area contributed by atoms with Gasteiger partial charge in [0.1, 0.15) is 0 Å². The van der Waals surface area contributed by atoms with Crippen LogP contribution in [0.5, 0.6) is 0 Å². The van der Waals surface area contributed by atoms with Gasteiger partial charge in [0.25, 0.3) is 5.91 Å². The van der Waals surface area contributed by atoms with Crippen molar-refractivity contribution in [3.8, 4) is 0 Å². The van der Waals surface area contributed by atoms with Gasteiger partial charge in [0.05, 0.1) is 10.5 Å². The van der Waals surface area contributed by atoms with E-state index in [0.717, 1.165) is 18.4 Å². The van der Waals surface area contributed by atoms with Gasteiger partial charge in [0, 0.05) is 18.8 Å². The van der Waals surface area contributed by atoms with Gasteiger partial charge in [0.15, 0.2) is 6.61 Å². The van der Waals surface area contributed by atoms with Crippen molar-refractivity contribution in [1.29, 1.82) is 0 Å². The van der Waals surface area contributed by atoms with Crippen LogP contribution in [0, 0.1) is 6.92 Å². The van der Waals surface area contributed by atoms with E-state index in [2.05, 4.69) is 5.32 Å². The summed E-state index contributed by atoms with van der Waals surface area (Å²) in [5.41, 5.74) is 1.60. The van der Waals surface area contributed by atoms with Gasteiger partial charge in [-0.25, -0.2) is 13.2 Å². The van der Waals surface area contributed by atoms with Crippen LogP contribution < -0.4 is 5.32 Å². The molecule has 148 valence electrons. The van der Waals surface area contributed by atoms with Crippen LogP contribution in [0.3, 0.4) is 0 Å². The highest BCUT2D eigenvalue weighted by Crippen LogP contribution is 2.22. The van der Waals surface area contributed by atoms with Crippen molar-refractivity contribution in [2.45, 2.75) is 24.7 Å². The van der Waals surface area contributed by atoms with Crippen molar-refractivity contribution >= 4 is 27.6 Å². The first-order valence-electron chi connectivity index (χ1n) is 9.01. The van der Waals surface area contributed by atoms with E-state index in [1.54, 1.807) is 25.1 Å². The van der Waals surface area contributed by atoms with Crippen LogP contribution in [0.2, 0.25) is 0 Å². The molecule has 0 atom stereocenters. The number of nitrogens with zero attached hydrogens (tertiary/aromatic N) is 1. The average molecular weight is 402 g/mol. The second-order valence-electron chi connectivity index (χ2n) is 6.57. The normalized spacial score (nSPS) is 14.6. The SMILES string of the molecule is Cc1ccccc1C(=O)OCC(=O)Nc1ccc(S(=O)(=O)N2CCCC2)cc1. The van der Waals surface area contributed by atoms with Crippen LogP contribution >= 0.6 is 0 Å². The predicted octanol–water partition coefficient (Wildman–Crippen LogP) is 2.58. The van der Waals surface area contributed by atoms with Crippen LogP contribution in [0.1, 0.15) is 28.8 Å². The third kappa shape index (κ3) is 4.58. The molecule has 0 saturated carbocycles. The number of aryl methyl sites for hydroxylation is 1. The molecule has 0 aromatic heterocycles. The number of hydrogen-bond acceptors (Lipinski definition) is 5. The average Bonchev–Trinajstić information content (AvgIpc) is 3.23. The molecule has 8 heteroatoms. The van der Waals surface area contributed by atoms with Gasteiger partial charge in [-0.3, -0.25) is 4.79 Å². The summed E-state index contributed by atoms with van der Waals surface area (Å²) >= 11 is 0. The molecule has 0 bridgehead atoms. The van der Waals surface area contributed by atoms with Crippen LogP contribution in [0.25, 0.3) is 0 Å². The lowest BCUT2D eigenvalue weighted by molar-refractivity contribution is -0.119. The summed E-state index contributed by atoms with van der Waals surface area (Å²) in [5, 5.41) is 2.59. The lowest BCUT2D eigenvalue weighted by Gasteiger charge is -2.15. The number of sulfonamides is 1. The van der Waals surface area contributed by atoms with E-state index in [1.807, 2.05) is 6.07 Å². The number of anilines is 1. The van der Waals surface area contributed by atoms with E-state index in [1.165, 1.54) is 28.6 Å². The summed E-state index contributed by atoms with van der Waals surface area (Å²) in [6.45, 7) is 2.43. The standard InChI is InChI=1S/C20H22N2O5S/c1-15-6-2-3-7-18(15)20(24)27-14-19(23)21-16-8-10-17(11-9-16)28(25,26)22-12-4-5-13-22/h2-3,6-11H,4-5,12-14H2,1H3,(H,21,23). The van der Waals surface area contributed by atoms with Crippen LogP contribution in [0.4, 0.5) is 5.69 Å². The molecule has 0 spiro atoms. The second-order valence-corrected chi connectivity index (χ2v) is 8.51. The molecule has 1 fully saturated rings. The van der Waals surface area contributed by atoms with Gasteiger partial charge < -0.3 is 10.1 Å². The summed E-state index contributed by atoms with van der Waals surface area (Å²) in [4.78, 5) is 24.2. The summed E-state index contributed by atoms with van der Waals surface area (Å²) in [7, 11) is -3.49. The van der Waals surface area contributed by atoms with Gasteiger partial charge in [-0.15, -0.1) is 0 Å². The summed E-state index contributed by atoms with van der Waals surface area (Å²) < 4.78 is 31.5. The highest BCUT2D eigenvalue weighted by Gasteiger charge is 2.26. The first-order valence-corrected chi connectivity index (χ1v) is 10.4. The first kappa shape index (κ1) is 20.0. The van der Waals surface area contributed by atoms with Gasteiger partial charge >= 0.3 is 5.97 Å². The molecule has 1 heterocycles. The minimum absolute atomic E-state index is 0.193. The molecule has 3 rings (SSSR count). The number of carbonyl (C=O) groups is 2. The van der Waals surface area contributed by atoms with Crippen molar-refractivity contribution in [2.24, 2.45) is 0 Å². The molecule has 7 nitrogen and oxygen atoms in total. The number of nitrogens with one attached hydrogen (secondary N) is 1. The third-order valence-corrected chi connectivity index (χ3v) is 6.45. The molecule has 1 aliphatic rings. The Morgan fingerprint density at radius 3 is 2.32 bits per heavy atom. The topological polar surface area (TPSA) is 92.8 Å². The molecule has 2 aromatic carbocycles. The van der Waals surface area contributed by atoms with Crippen molar-refractivity contribution in [3.05, 3.63) is 59.7 Å². The van der Waals surface area contributed by atoms with Gasteiger partial charge in [0.2, 0.25) is 10.0 Å². The molecule has 1 amide bonds. The lowest BCUT2D eigenvalue weighted by atomic mass is 10.1. The zero-order chi connectivity index (χ0) is 20.1. The zero-order valence-corrected chi connectivity index (χ0v) is 16.4. The minimum atomic E-state index is -3.49. The van der Waals surface area contributed by atoms with Gasteiger partial charge in [-0.1, -0.05) is 18.2 Å². The van der Waals surface area contributed by atoms with Gasteiger partial charge in [-0.2, -0.15) is 4.31 Å². The fraction of sp³-hybridized carbons (Fsp3) is 0.300. The lowest BCUT2D eigenvalue weighted by Crippen LogP contribution is -2.27. The number of rotatable bonds is 6. The second kappa shape index (κ2) is 8.53. The van der Waals surface area contributed by atoms with Crippen molar-refractivity contribution in [2.75, 3.05) is 25.0 Å².